The summed E-state index contributed by atoms with van der Waals surface area (Å²) >= 11 is 0. The fourth-order valence-electron chi connectivity index (χ4n) is 3.02. The summed E-state index contributed by atoms with van der Waals surface area (Å²) in [4.78, 5) is 13.9. The highest BCUT2D eigenvalue weighted by Crippen LogP contribution is 2.20. The van der Waals surface area contributed by atoms with Gasteiger partial charge in [0.15, 0.2) is 0 Å². The normalized spacial score (nSPS) is 40.6. The molecule has 0 spiro atoms. The number of rotatable bonds is 1. The number of hydrogen-bond acceptors (Lipinski definition) is 4. The van der Waals surface area contributed by atoms with Gasteiger partial charge >= 0.3 is 6.03 Å². The smallest absolute Gasteiger partial charge is 0.317 e. The summed E-state index contributed by atoms with van der Waals surface area (Å²) in [5.41, 5.74) is 0. The van der Waals surface area contributed by atoms with Crippen LogP contribution in [0.5, 0.6) is 0 Å². The van der Waals surface area contributed by atoms with E-state index in [1.54, 1.807) is 0 Å². The minimum absolute atomic E-state index is 0.0313. The van der Waals surface area contributed by atoms with Gasteiger partial charge in [0.05, 0.1) is 12.1 Å². The van der Waals surface area contributed by atoms with E-state index in [-0.39, 0.29) is 12.1 Å². The highest BCUT2D eigenvalue weighted by molar-refractivity contribution is 5.75. The first-order chi connectivity index (χ1) is 8.22. The molecule has 96 valence electrons. The van der Waals surface area contributed by atoms with Crippen LogP contribution in [0.4, 0.5) is 4.79 Å². The van der Waals surface area contributed by atoms with Crippen LogP contribution < -0.4 is 16.0 Å². The molecule has 3 fully saturated rings. The summed E-state index contributed by atoms with van der Waals surface area (Å²) in [5.74, 6) is 0. The maximum Gasteiger partial charge on any atom is 0.317 e. The molecule has 3 saturated heterocycles. The molecular weight excluding hydrogens is 220 g/mol. The first-order valence-corrected chi connectivity index (χ1v) is 6.42. The maximum absolute atomic E-state index is 12.1. The number of aliphatic hydroxyl groups is 1. The molecule has 2 amide bonds. The third kappa shape index (κ3) is 2.25. The molecule has 4 unspecified atom stereocenters. The van der Waals surface area contributed by atoms with Gasteiger partial charge < -0.3 is 26.0 Å². The van der Waals surface area contributed by atoms with Crippen molar-refractivity contribution < 1.29 is 9.90 Å². The largest absolute Gasteiger partial charge is 0.390 e. The second-order valence-corrected chi connectivity index (χ2v) is 5.32. The molecule has 3 rings (SSSR count). The van der Waals surface area contributed by atoms with Crippen molar-refractivity contribution in [1.82, 2.24) is 20.9 Å². The molecule has 17 heavy (non-hydrogen) atoms. The Kier molecular flexibility index (Phi) is 2.94. The number of amides is 2. The van der Waals surface area contributed by atoms with Crippen LogP contribution in [-0.4, -0.2) is 66.4 Å². The van der Waals surface area contributed by atoms with Gasteiger partial charge in [-0.25, -0.2) is 4.79 Å². The number of β-amino-alcohol motifs (C(OH)–C–C–N with tert-alkyl or cyclic N) is 1. The van der Waals surface area contributed by atoms with Gasteiger partial charge in [-0.2, -0.15) is 0 Å². The fraction of sp³-hybridized carbons (Fsp3) is 0.909. The molecule has 2 bridgehead atoms. The van der Waals surface area contributed by atoms with Gasteiger partial charge in [0.2, 0.25) is 0 Å². The number of nitrogens with one attached hydrogen (secondary N) is 3. The zero-order valence-corrected chi connectivity index (χ0v) is 9.85. The number of carbonyl (C=O) groups excluding carboxylic acids is 1. The Balaban J connectivity index is 1.55. The lowest BCUT2D eigenvalue weighted by atomic mass is 10.2. The third-order valence-electron chi connectivity index (χ3n) is 3.99. The van der Waals surface area contributed by atoms with Gasteiger partial charge in [0.25, 0.3) is 0 Å². The molecular formula is C11H20N4O2. The molecule has 0 aliphatic carbocycles. The molecule has 0 aromatic heterocycles. The van der Waals surface area contributed by atoms with Crippen molar-refractivity contribution in [3.05, 3.63) is 0 Å². The molecule has 4 atom stereocenters. The van der Waals surface area contributed by atoms with E-state index >= 15 is 0 Å². The zero-order chi connectivity index (χ0) is 11.8. The summed E-state index contributed by atoms with van der Waals surface area (Å²) in [6, 6.07) is 0.753. The predicted octanol–water partition coefficient (Wildman–Crippen LogP) is -1.54. The number of aliphatic hydroxyl groups excluding tert-OH is 1. The Morgan fingerprint density at radius 3 is 2.53 bits per heavy atom. The van der Waals surface area contributed by atoms with Crippen LogP contribution in [0.25, 0.3) is 0 Å². The van der Waals surface area contributed by atoms with Crippen LogP contribution in [0.15, 0.2) is 0 Å². The second kappa shape index (κ2) is 4.44. The lowest BCUT2D eigenvalue weighted by Crippen LogP contribution is -2.57. The lowest BCUT2D eigenvalue weighted by molar-refractivity contribution is 0.143. The monoisotopic (exact) mass is 240 g/mol. The van der Waals surface area contributed by atoms with Crippen LogP contribution in [0.2, 0.25) is 0 Å². The molecule has 0 aromatic carbocycles. The summed E-state index contributed by atoms with van der Waals surface area (Å²) in [7, 11) is 0. The van der Waals surface area contributed by atoms with E-state index in [1.165, 1.54) is 12.8 Å². The van der Waals surface area contributed by atoms with E-state index in [0.29, 0.717) is 25.2 Å². The SMILES string of the molecule is O=C(NC1CNCC1O)N1CC2CCC(C1)N2. The van der Waals surface area contributed by atoms with Crippen molar-refractivity contribution in [2.24, 2.45) is 0 Å². The maximum atomic E-state index is 12.1. The summed E-state index contributed by atoms with van der Waals surface area (Å²) in [5, 5.41) is 19.1. The first kappa shape index (κ1) is 11.3. The number of carbonyl (C=O) groups is 1. The van der Waals surface area contributed by atoms with Crippen LogP contribution in [0.3, 0.4) is 0 Å². The standard InChI is InChI=1S/C11H20N4O2/c16-10-4-12-3-9(10)14-11(17)15-5-7-1-2-8(6-15)13-7/h7-10,12-13,16H,1-6H2,(H,14,17). The van der Waals surface area contributed by atoms with Crippen molar-refractivity contribution in [3.63, 3.8) is 0 Å². The Bertz CT molecular complexity index is 300. The fourth-order valence-corrected chi connectivity index (χ4v) is 3.02. The summed E-state index contributed by atoms with van der Waals surface area (Å²) in [6.07, 6.45) is 1.88. The van der Waals surface area contributed by atoms with Gasteiger partial charge in [0.1, 0.15) is 0 Å². The molecule has 0 radical (unpaired) electrons. The number of hydrogen-bond donors (Lipinski definition) is 4. The number of piperazine rings is 1. The Morgan fingerprint density at radius 2 is 1.94 bits per heavy atom. The van der Waals surface area contributed by atoms with Crippen molar-refractivity contribution >= 4 is 6.03 Å². The van der Waals surface area contributed by atoms with E-state index in [4.69, 9.17) is 0 Å². The van der Waals surface area contributed by atoms with Gasteiger partial charge in [-0.3, -0.25) is 0 Å². The van der Waals surface area contributed by atoms with Gasteiger partial charge in [-0.1, -0.05) is 0 Å². The Hall–Kier alpha value is -0.850. The molecule has 3 aliphatic heterocycles. The van der Waals surface area contributed by atoms with Gasteiger partial charge in [-0.05, 0) is 12.8 Å². The van der Waals surface area contributed by atoms with Gasteiger partial charge in [0, 0.05) is 38.3 Å². The number of likely N-dealkylation sites (tertiary alicyclic amines) is 1. The number of fused-ring (bicyclic) bond motifs is 2. The first-order valence-electron chi connectivity index (χ1n) is 6.42. The van der Waals surface area contributed by atoms with Crippen LogP contribution in [-0.2, 0) is 0 Å². The lowest BCUT2D eigenvalue weighted by Gasteiger charge is -2.33. The van der Waals surface area contributed by atoms with Crippen molar-refractivity contribution in [1.29, 1.82) is 0 Å². The molecule has 6 nitrogen and oxygen atoms in total. The minimum atomic E-state index is -0.460. The van der Waals surface area contributed by atoms with Crippen LogP contribution in [0.1, 0.15) is 12.8 Å². The average molecular weight is 240 g/mol. The van der Waals surface area contributed by atoms with Crippen molar-refractivity contribution in [3.8, 4) is 0 Å². The summed E-state index contributed by atoms with van der Waals surface area (Å²) < 4.78 is 0. The average Bonchev–Trinajstić information content (AvgIpc) is 2.86. The van der Waals surface area contributed by atoms with Crippen LogP contribution in [0, 0.1) is 0 Å². The van der Waals surface area contributed by atoms with Gasteiger partial charge in [-0.15, -0.1) is 0 Å². The summed E-state index contributed by atoms with van der Waals surface area (Å²) in [6.45, 7) is 2.81. The van der Waals surface area contributed by atoms with E-state index in [1.807, 2.05) is 4.90 Å². The molecule has 0 aromatic rings. The van der Waals surface area contributed by atoms with Crippen LogP contribution >= 0.6 is 0 Å². The molecule has 0 saturated carbocycles. The second-order valence-electron chi connectivity index (χ2n) is 5.32. The topological polar surface area (TPSA) is 76.6 Å². The van der Waals surface area contributed by atoms with E-state index in [9.17, 15) is 9.90 Å². The molecule has 4 N–H and O–H groups in total. The van der Waals surface area contributed by atoms with Crippen molar-refractivity contribution in [2.45, 2.75) is 37.1 Å². The molecule has 3 heterocycles. The molecule has 3 aliphatic rings. The van der Waals surface area contributed by atoms with E-state index in [0.717, 1.165) is 13.1 Å². The predicted molar refractivity (Wildman–Crippen MR) is 62.7 cm³/mol. The number of urea groups is 1. The quantitative estimate of drug-likeness (QED) is 0.448. The number of nitrogens with zero attached hydrogens (tertiary/aromatic N) is 1. The Morgan fingerprint density at radius 1 is 1.24 bits per heavy atom. The highest BCUT2D eigenvalue weighted by atomic mass is 16.3. The highest BCUT2D eigenvalue weighted by Gasteiger charge is 2.35. The minimum Gasteiger partial charge on any atom is -0.390 e. The Labute approximate surface area is 101 Å². The third-order valence-corrected chi connectivity index (χ3v) is 3.99. The van der Waals surface area contributed by atoms with E-state index < -0.39 is 6.10 Å². The zero-order valence-electron chi connectivity index (χ0n) is 9.85. The molecule has 6 heteroatoms. The van der Waals surface area contributed by atoms with E-state index in [2.05, 4.69) is 16.0 Å². The van der Waals surface area contributed by atoms with Crippen molar-refractivity contribution in [2.75, 3.05) is 26.2 Å².